The molecule has 5 nitrogen and oxygen atoms in total. The number of hydrogen-bond donors (Lipinski definition) is 2. The zero-order valence-electron chi connectivity index (χ0n) is 15.9. The van der Waals surface area contributed by atoms with Crippen LogP contribution in [0.15, 0.2) is 42.6 Å². The topological polar surface area (TPSA) is 69.2 Å². The van der Waals surface area contributed by atoms with Crippen molar-refractivity contribution in [2.45, 2.75) is 38.2 Å². The molecule has 144 valence electrons. The molecule has 1 aliphatic carbocycles. The van der Waals surface area contributed by atoms with Crippen LogP contribution in [0, 0.1) is 5.92 Å². The van der Waals surface area contributed by atoms with E-state index in [1.165, 1.54) is 29.5 Å². The minimum atomic E-state index is -0.512. The number of carbonyl (C=O) groups excluding carboxylic acids is 1. The lowest BCUT2D eigenvalue weighted by Gasteiger charge is -2.17. The predicted molar refractivity (Wildman–Crippen MR) is 108 cm³/mol. The van der Waals surface area contributed by atoms with E-state index in [2.05, 4.69) is 16.0 Å². The Morgan fingerprint density at radius 2 is 2.04 bits per heavy atom. The fourth-order valence-electron chi connectivity index (χ4n) is 4.79. The Bertz CT molecular complexity index is 1010. The maximum Gasteiger partial charge on any atom is 0.256 e. The van der Waals surface area contributed by atoms with Crippen molar-refractivity contribution >= 4 is 16.8 Å². The third kappa shape index (κ3) is 3.00. The van der Waals surface area contributed by atoms with Crippen LogP contribution in [0.5, 0.6) is 0 Å². The number of nitrogens with zero attached hydrogens (tertiary/aromatic N) is 2. The van der Waals surface area contributed by atoms with E-state index in [-0.39, 0.29) is 11.8 Å². The number of pyridine rings is 1. The van der Waals surface area contributed by atoms with Crippen LogP contribution >= 0.6 is 0 Å². The number of amides is 1. The number of aromatic amines is 1. The quantitative estimate of drug-likeness (QED) is 0.739. The van der Waals surface area contributed by atoms with Gasteiger partial charge >= 0.3 is 0 Å². The molecule has 3 aromatic rings. The van der Waals surface area contributed by atoms with Gasteiger partial charge < -0.3 is 15.0 Å². The molecule has 0 spiro atoms. The Morgan fingerprint density at radius 3 is 2.89 bits per heavy atom. The van der Waals surface area contributed by atoms with Crippen molar-refractivity contribution in [1.29, 1.82) is 0 Å². The molecule has 1 fully saturated rings. The molecule has 1 aromatic carbocycles. The fraction of sp³-hybridized carbons (Fsp3) is 0.391. The van der Waals surface area contributed by atoms with Gasteiger partial charge in [0.2, 0.25) is 0 Å². The summed E-state index contributed by atoms with van der Waals surface area (Å²) in [6.07, 6.45) is 6.51. The second-order valence-electron chi connectivity index (χ2n) is 8.08. The van der Waals surface area contributed by atoms with Gasteiger partial charge in [0.1, 0.15) is 0 Å². The summed E-state index contributed by atoms with van der Waals surface area (Å²) in [6.45, 7) is 0.945. The van der Waals surface area contributed by atoms with Crippen LogP contribution in [0.2, 0.25) is 0 Å². The van der Waals surface area contributed by atoms with E-state index >= 15 is 0 Å². The smallest absolute Gasteiger partial charge is 0.256 e. The number of hydrogen-bond acceptors (Lipinski definition) is 3. The second kappa shape index (κ2) is 7.06. The summed E-state index contributed by atoms with van der Waals surface area (Å²) >= 11 is 0. The summed E-state index contributed by atoms with van der Waals surface area (Å²) in [5.74, 6) is 0.0293. The highest BCUT2D eigenvalue weighted by Crippen LogP contribution is 2.32. The van der Waals surface area contributed by atoms with E-state index < -0.39 is 6.10 Å². The molecule has 0 bridgehead atoms. The Kier molecular flexibility index (Phi) is 4.40. The molecule has 5 heteroatoms. The number of aliphatic hydroxyl groups is 1. The van der Waals surface area contributed by atoms with Crippen LogP contribution in [-0.4, -0.2) is 45.1 Å². The van der Waals surface area contributed by atoms with Crippen molar-refractivity contribution in [3.05, 3.63) is 65.1 Å². The zero-order chi connectivity index (χ0) is 19.1. The maximum absolute atomic E-state index is 13.3. The summed E-state index contributed by atoms with van der Waals surface area (Å²) in [5, 5.41) is 11.7. The molecule has 0 saturated carbocycles. The minimum absolute atomic E-state index is 0.00627. The van der Waals surface area contributed by atoms with Gasteiger partial charge in [0.15, 0.2) is 0 Å². The molecule has 2 aliphatic rings. The molecule has 3 heterocycles. The van der Waals surface area contributed by atoms with E-state index in [4.69, 9.17) is 0 Å². The number of likely N-dealkylation sites (tertiary alicyclic amines) is 1. The van der Waals surface area contributed by atoms with Crippen molar-refractivity contribution in [2.75, 3.05) is 13.1 Å². The van der Waals surface area contributed by atoms with Crippen LogP contribution in [0.1, 0.15) is 40.2 Å². The van der Waals surface area contributed by atoms with E-state index in [9.17, 15) is 9.90 Å². The van der Waals surface area contributed by atoms with Gasteiger partial charge in [-0.15, -0.1) is 0 Å². The summed E-state index contributed by atoms with van der Waals surface area (Å²) in [4.78, 5) is 23.0. The number of rotatable bonds is 3. The number of fused-ring (bicyclic) bond motifs is 3. The third-order valence-electron chi connectivity index (χ3n) is 6.25. The molecule has 1 amide bonds. The van der Waals surface area contributed by atoms with Crippen LogP contribution in [0.4, 0.5) is 0 Å². The number of β-amino-alcohol motifs (C(OH)–C–C–N with tert-alkyl or cyclic N) is 1. The van der Waals surface area contributed by atoms with Gasteiger partial charge in [-0.25, -0.2) is 0 Å². The van der Waals surface area contributed by atoms with E-state index in [1.54, 1.807) is 11.1 Å². The van der Waals surface area contributed by atoms with Crippen molar-refractivity contribution in [2.24, 2.45) is 5.92 Å². The average Bonchev–Trinajstić information content (AvgIpc) is 3.29. The summed E-state index contributed by atoms with van der Waals surface area (Å²) in [7, 11) is 0. The number of H-pyrrole nitrogens is 1. The van der Waals surface area contributed by atoms with Crippen LogP contribution in [0.25, 0.3) is 10.9 Å². The van der Waals surface area contributed by atoms with Gasteiger partial charge in [0.25, 0.3) is 5.91 Å². The van der Waals surface area contributed by atoms with Gasteiger partial charge in [-0.3, -0.25) is 9.78 Å². The predicted octanol–water partition coefficient (Wildman–Crippen LogP) is 3.12. The first-order valence-corrected chi connectivity index (χ1v) is 10.2. The second-order valence-corrected chi connectivity index (χ2v) is 8.08. The number of aromatic nitrogens is 2. The maximum atomic E-state index is 13.3. The Morgan fingerprint density at radius 1 is 1.14 bits per heavy atom. The zero-order valence-corrected chi connectivity index (χ0v) is 15.9. The van der Waals surface area contributed by atoms with Crippen molar-refractivity contribution < 1.29 is 9.90 Å². The van der Waals surface area contributed by atoms with Gasteiger partial charge in [0.05, 0.1) is 17.2 Å². The van der Waals surface area contributed by atoms with Crippen LogP contribution < -0.4 is 0 Å². The molecule has 1 aliphatic heterocycles. The molecule has 2 N–H and O–H groups in total. The van der Waals surface area contributed by atoms with Crippen LogP contribution in [-0.2, 0) is 19.3 Å². The highest BCUT2D eigenvalue weighted by atomic mass is 16.3. The minimum Gasteiger partial charge on any atom is -0.391 e. The average molecular weight is 375 g/mol. The van der Waals surface area contributed by atoms with E-state index in [0.717, 1.165) is 29.6 Å². The highest BCUT2D eigenvalue weighted by Gasteiger charge is 2.35. The molecule has 2 atom stereocenters. The number of aliphatic hydroxyl groups excluding tert-OH is 1. The first-order chi connectivity index (χ1) is 13.7. The number of aryl methyl sites for hydroxylation is 2. The van der Waals surface area contributed by atoms with Crippen molar-refractivity contribution in [1.82, 2.24) is 14.9 Å². The Hall–Kier alpha value is -2.66. The first kappa shape index (κ1) is 17.4. The van der Waals surface area contributed by atoms with Crippen molar-refractivity contribution in [3.63, 3.8) is 0 Å². The van der Waals surface area contributed by atoms with Gasteiger partial charge in [-0.05, 0) is 55.9 Å². The lowest BCUT2D eigenvalue weighted by atomic mass is 9.95. The third-order valence-corrected chi connectivity index (χ3v) is 6.25. The summed E-state index contributed by atoms with van der Waals surface area (Å²) < 4.78 is 0. The fourth-order valence-corrected chi connectivity index (χ4v) is 4.79. The highest BCUT2D eigenvalue weighted by molar-refractivity contribution is 6.07. The Balaban J connectivity index is 1.40. The first-order valence-electron chi connectivity index (χ1n) is 10.2. The van der Waals surface area contributed by atoms with Gasteiger partial charge in [-0.1, -0.05) is 18.2 Å². The molecule has 28 heavy (non-hydrogen) atoms. The SMILES string of the molecule is O=C(c1cccc2c3c([nH]c12)CCCC3)N1C[C@@H](Cc2ccccn2)[C@H](O)C1. The van der Waals surface area contributed by atoms with E-state index in [1.807, 2.05) is 30.3 Å². The molecule has 5 rings (SSSR count). The van der Waals surface area contributed by atoms with Crippen molar-refractivity contribution in [3.8, 4) is 0 Å². The number of benzene rings is 1. The molecular weight excluding hydrogens is 350 g/mol. The monoisotopic (exact) mass is 375 g/mol. The number of nitrogens with one attached hydrogen (secondary N) is 1. The lowest BCUT2D eigenvalue weighted by Crippen LogP contribution is -2.29. The summed E-state index contributed by atoms with van der Waals surface area (Å²) in [5.41, 5.74) is 5.31. The summed E-state index contributed by atoms with van der Waals surface area (Å²) in [6, 6.07) is 11.8. The largest absolute Gasteiger partial charge is 0.391 e. The van der Waals surface area contributed by atoms with Gasteiger partial charge in [0, 0.05) is 42.0 Å². The van der Waals surface area contributed by atoms with E-state index in [0.29, 0.717) is 19.5 Å². The van der Waals surface area contributed by atoms with Crippen LogP contribution in [0.3, 0.4) is 0 Å². The Labute approximate surface area is 164 Å². The normalized spacial score (nSPS) is 21.8. The molecule has 1 saturated heterocycles. The molecule has 0 unspecified atom stereocenters. The lowest BCUT2D eigenvalue weighted by molar-refractivity contribution is 0.0766. The van der Waals surface area contributed by atoms with Gasteiger partial charge in [-0.2, -0.15) is 0 Å². The molecule has 0 radical (unpaired) electrons. The molecular formula is C23H25N3O2. The number of para-hydroxylation sites is 1. The standard InChI is InChI=1S/C23H25N3O2/c27-21-14-26(13-15(21)12-16-6-3-4-11-24-16)23(28)19-9-5-8-18-17-7-1-2-10-20(17)25-22(18)19/h3-6,8-9,11,15,21,25,27H,1-2,7,10,12-14H2/t15-,21-/m1/s1. The molecule has 2 aromatic heterocycles. The number of carbonyl (C=O) groups is 1.